The van der Waals surface area contributed by atoms with Gasteiger partial charge in [0, 0.05) is 13.1 Å². The van der Waals surface area contributed by atoms with Gasteiger partial charge < -0.3 is 15.3 Å². The smallest absolute Gasteiger partial charge is 0.192 e. The molecule has 0 amide bonds. The summed E-state index contributed by atoms with van der Waals surface area (Å²) in [5, 5.41) is 23.2. The average Bonchev–Trinajstić information content (AvgIpc) is 2.58. The third kappa shape index (κ3) is 1.66. The molecule has 12 heavy (non-hydrogen) atoms. The lowest BCUT2D eigenvalue weighted by molar-refractivity contribution is 0.304. The Morgan fingerprint density at radius 3 is 2.17 bits per heavy atom. The Kier molecular flexibility index (Phi) is 2.90. The second-order valence-electron chi connectivity index (χ2n) is 2.80. The predicted octanol–water partition coefficient (Wildman–Crippen LogP) is 0.720. The summed E-state index contributed by atoms with van der Waals surface area (Å²) in [6.07, 6.45) is 2.19. The van der Waals surface area contributed by atoms with E-state index in [1.54, 1.807) is 6.92 Å². The molecule has 0 saturated carbocycles. The van der Waals surface area contributed by atoms with Gasteiger partial charge in [-0.2, -0.15) is 0 Å². The second kappa shape index (κ2) is 3.94. The number of hydrogen-bond acceptors (Lipinski definition) is 4. The van der Waals surface area contributed by atoms with E-state index in [1.807, 2.05) is 4.90 Å². The Bertz CT molecular complexity index is 207. The lowest BCUT2D eigenvalue weighted by Crippen LogP contribution is -2.33. The van der Waals surface area contributed by atoms with Gasteiger partial charge in [0.05, 0.1) is 0 Å². The van der Waals surface area contributed by atoms with Crippen molar-refractivity contribution in [2.24, 2.45) is 10.3 Å². The van der Waals surface area contributed by atoms with E-state index in [1.165, 1.54) is 0 Å². The van der Waals surface area contributed by atoms with Crippen molar-refractivity contribution in [3.05, 3.63) is 0 Å². The number of rotatable bonds is 1. The summed E-state index contributed by atoms with van der Waals surface area (Å²) in [5.41, 5.74) is 0.347. The van der Waals surface area contributed by atoms with Crippen LogP contribution in [0, 0.1) is 0 Å². The number of amidine groups is 1. The average molecular weight is 171 g/mol. The molecule has 68 valence electrons. The monoisotopic (exact) mass is 171 g/mol. The van der Waals surface area contributed by atoms with Crippen molar-refractivity contribution in [3.8, 4) is 0 Å². The lowest BCUT2D eigenvalue weighted by atomic mass is 10.3. The van der Waals surface area contributed by atoms with E-state index >= 15 is 0 Å². The summed E-state index contributed by atoms with van der Waals surface area (Å²) in [6, 6.07) is 0. The van der Waals surface area contributed by atoms with Crippen molar-refractivity contribution in [2.45, 2.75) is 19.8 Å². The Morgan fingerprint density at radius 2 is 1.75 bits per heavy atom. The number of likely N-dealkylation sites (tertiary alicyclic amines) is 1. The summed E-state index contributed by atoms with van der Waals surface area (Å²) in [5.74, 6) is 0.370. The van der Waals surface area contributed by atoms with Gasteiger partial charge in [0.2, 0.25) is 0 Å². The highest BCUT2D eigenvalue weighted by Gasteiger charge is 2.18. The van der Waals surface area contributed by atoms with E-state index in [0.717, 1.165) is 25.9 Å². The van der Waals surface area contributed by atoms with E-state index in [9.17, 15) is 0 Å². The molecule has 1 saturated heterocycles. The molecule has 0 aromatic rings. The Hall–Kier alpha value is -1.26. The number of oxime groups is 2. The Labute approximate surface area is 71.0 Å². The minimum Gasteiger partial charge on any atom is -0.411 e. The zero-order valence-electron chi connectivity index (χ0n) is 7.06. The van der Waals surface area contributed by atoms with Crippen LogP contribution in [0.3, 0.4) is 0 Å². The van der Waals surface area contributed by atoms with Crippen molar-refractivity contribution in [2.75, 3.05) is 13.1 Å². The van der Waals surface area contributed by atoms with E-state index in [0.29, 0.717) is 11.5 Å². The predicted molar refractivity (Wildman–Crippen MR) is 44.9 cm³/mol. The fraction of sp³-hybridized carbons (Fsp3) is 0.714. The Morgan fingerprint density at radius 1 is 1.17 bits per heavy atom. The van der Waals surface area contributed by atoms with Crippen molar-refractivity contribution in [1.29, 1.82) is 0 Å². The number of nitrogens with zero attached hydrogens (tertiary/aromatic N) is 3. The van der Waals surface area contributed by atoms with Gasteiger partial charge in [-0.1, -0.05) is 10.3 Å². The molecule has 2 N–H and O–H groups in total. The normalized spacial score (nSPS) is 20.2. The van der Waals surface area contributed by atoms with Crippen LogP contribution < -0.4 is 0 Å². The van der Waals surface area contributed by atoms with Crippen LogP contribution in [0.2, 0.25) is 0 Å². The van der Waals surface area contributed by atoms with Crippen LogP contribution in [0.25, 0.3) is 0 Å². The van der Waals surface area contributed by atoms with Crippen LogP contribution in [-0.2, 0) is 0 Å². The zero-order chi connectivity index (χ0) is 8.97. The molecule has 0 radical (unpaired) electrons. The van der Waals surface area contributed by atoms with Gasteiger partial charge in [0.25, 0.3) is 0 Å². The summed E-state index contributed by atoms with van der Waals surface area (Å²) < 4.78 is 0. The first-order chi connectivity index (χ1) is 5.79. The van der Waals surface area contributed by atoms with Crippen LogP contribution in [0.5, 0.6) is 0 Å². The first kappa shape index (κ1) is 8.83. The topological polar surface area (TPSA) is 68.4 Å². The van der Waals surface area contributed by atoms with Gasteiger partial charge in [0.15, 0.2) is 5.84 Å². The third-order valence-corrected chi connectivity index (χ3v) is 1.97. The molecule has 5 heteroatoms. The highest BCUT2D eigenvalue weighted by atomic mass is 16.4. The molecular formula is C7H13N3O2. The molecule has 5 nitrogen and oxygen atoms in total. The van der Waals surface area contributed by atoms with Crippen LogP contribution in [0.4, 0.5) is 0 Å². The molecule has 1 aliphatic rings. The molecule has 0 unspecified atom stereocenters. The van der Waals surface area contributed by atoms with Crippen molar-refractivity contribution >= 4 is 11.5 Å². The summed E-state index contributed by atoms with van der Waals surface area (Å²) in [7, 11) is 0. The molecule has 1 heterocycles. The van der Waals surface area contributed by atoms with E-state index in [-0.39, 0.29) is 0 Å². The second-order valence-corrected chi connectivity index (χ2v) is 2.80. The summed E-state index contributed by atoms with van der Waals surface area (Å²) in [4.78, 5) is 1.90. The van der Waals surface area contributed by atoms with Crippen molar-refractivity contribution in [3.63, 3.8) is 0 Å². The molecular weight excluding hydrogens is 158 g/mol. The maximum absolute atomic E-state index is 8.64. The van der Waals surface area contributed by atoms with Crippen LogP contribution in [-0.4, -0.2) is 40.0 Å². The highest BCUT2D eigenvalue weighted by molar-refractivity contribution is 6.40. The molecule has 0 aromatic carbocycles. The van der Waals surface area contributed by atoms with E-state index in [2.05, 4.69) is 10.3 Å². The van der Waals surface area contributed by atoms with Crippen LogP contribution >= 0.6 is 0 Å². The summed E-state index contributed by atoms with van der Waals surface area (Å²) in [6.45, 7) is 3.34. The van der Waals surface area contributed by atoms with Gasteiger partial charge in [-0.3, -0.25) is 0 Å². The summed E-state index contributed by atoms with van der Waals surface area (Å²) >= 11 is 0. The van der Waals surface area contributed by atoms with Gasteiger partial charge >= 0.3 is 0 Å². The quantitative estimate of drug-likeness (QED) is 0.264. The molecule has 0 aromatic heterocycles. The molecule has 0 atom stereocenters. The first-order valence-electron chi connectivity index (χ1n) is 3.95. The number of hydrogen-bond donors (Lipinski definition) is 2. The minimum absolute atomic E-state index is 0.347. The maximum Gasteiger partial charge on any atom is 0.192 e. The first-order valence-corrected chi connectivity index (χ1v) is 3.95. The van der Waals surface area contributed by atoms with Crippen LogP contribution in [0.1, 0.15) is 19.8 Å². The SMILES string of the molecule is CC(=N/O)/C(=N/O)N1CCCC1. The highest BCUT2D eigenvalue weighted by Crippen LogP contribution is 2.08. The minimum atomic E-state index is 0.347. The molecule has 0 spiro atoms. The van der Waals surface area contributed by atoms with Gasteiger partial charge in [-0.15, -0.1) is 0 Å². The molecule has 0 bridgehead atoms. The third-order valence-electron chi connectivity index (χ3n) is 1.97. The van der Waals surface area contributed by atoms with E-state index in [4.69, 9.17) is 10.4 Å². The van der Waals surface area contributed by atoms with Crippen molar-refractivity contribution < 1.29 is 10.4 Å². The maximum atomic E-state index is 8.64. The molecule has 1 fully saturated rings. The lowest BCUT2D eigenvalue weighted by Gasteiger charge is -2.16. The Balaban J connectivity index is 2.68. The zero-order valence-corrected chi connectivity index (χ0v) is 7.06. The molecule has 1 rings (SSSR count). The van der Waals surface area contributed by atoms with Crippen molar-refractivity contribution in [1.82, 2.24) is 4.90 Å². The van der Waals surface area contributed by atoms with Crippen LogP contribution in [0.15, 0.2) is 10.3 Å². The fourth-order valence-electron chi connectivity index (χ4n) is 1.34. The van der Waals surface area contributed by atoms with Gasteiger partial charge in [-0.25, -0.2) is 0 Å². The van der Waals surface area contributed by atoms with Gasteiger partial charge in [0.1, 0.15) is 5.71 Å². The molecule has 1 aliphatic heterocycles. The largest absolute Gasteiger partial charge is 0.411 e. The molecule has 0 aliphatic carbocycles. The van der Waals surface area contributed by atoms with E-state index < -0.39 is 0 Å². The van der Waals surface area contributed by atoms with Gasteiger partial charge in [-0.05, 0) is 19.8 Å². The standard InChI is InChI=1S/C7H13N3O2/c1-6(8-11)7(9-12)10-4-2-3-5-10/h11-12H,2-5H2,1H3/b8-6-,9-7-. The fourth-order valence-corrected chi connectivity index (χ4v) is 1.34.